The van der Waals surface area contributed by atoms with E-state index < -0.39 is 10.1 Å². The third-order valence-electron chi connectivity index (χ3n) is 1.32. The van der Waals surface area contributed by atoms with Gasteiger partial charge in [-0.2, -0.15) is 8.42 Å². The second-order valence-corrected chi connectivity index (χ2v) is 3.71. The van der Waals surface area contributed by atoms with Gasteiger partial charge in [0.05, 0.1) is 13.3 Å². The van der Waals surface area contributed by atoms with Crippen LogP contribution >= 0.6 is 0 Å². The van der Waals surface area contributed by atoms with E-state index in [2.05, 4.69) is 0 Å². The molecule has 1 aromatic rings. The van der Waals surface area contributed by atoms with Crippen molar-refractivity contribution in [2.45, 2.75) is 11.8 Å². The molecule has 66 valence electrons. The smallest absolute Gasteiger partial charge is 0.282 e. The van der Waals surface area contributed by atoms with Crippen LogP contribution < -0.4 is 0 Å². The van der Waals surface area contributed by atoms with Gasteiger partial charge < -0.3 is 0 Å². The molecule has 0 aliphatic rings. The molecule has 0 radical (unpaired) electrons. The van der Waals surface area contributed by atoms with Gasteiger partial charge in [0.25, 0.3) is 10.1 Å². The standard InChI is InChI=1S/C7H8O3S.BH3/c1-6-2-4-7(5-3-6)11(8,9)10;/h2-5H,1H3,(H,8,9,10);1H3. The summed E-state index contributed by atoms with van der Waals surface area (Å²) in [6.07, 6.45) is 0. The van der Waals surface area contributed by atoms with E-state index in [1.807, 2.05) is 6.92 Å². The summed E-state index contributed by atoms with van der Waals surface area (Å²) in [5, 5.41) is 0. The van der Waals surface area contributed by atoms with Crippen LogP contribution in [0.3, 0.4) is 0 Å². The Bertz CT molecular complexity index is 341. The molecule has 0 amide bonds. The number of aryl methyl sites for hydroxylation is 1. The van der Waals surface area contributed by atoms with Crippen molar-refractivity contribution in [1.29, 1.82) is 0 Å². The molecule has 12 heavy (non-hydrogen) atoms. The van der Waals surface area contributed by atoms with Crippen LogP contribution in [-0.4, -0.2) is 21.4 Å². The molecule has 1 rings (SSSR count). The molecule has 0 aromatic heterocycles. The minimum Gasteiger partial charge on any atom is -0.282 e. The summed E-state index contributed by atoms with van der Waals surface area (Å²) in [6.45, 7) is 1.84. The van der Waals surface area contributed by atoms with Crippen molar-refractivity contribution in [1.82, 2.24) is 0 Å². The minimum absolute atomic E-state index is 0. The van der Waals surface area contributed by atoms with Crippen molar-refractivity contribution in [2.75, 3.05) is 0 Å². The Labute approximate surface area is 73.7 Å². The van der Waals surface area contributed by atoms with Gasteiger partial charge in [-0.25, -0.2) is 0 Å². The Morgan fingerprint density at radius 2 is 1.58 bits per heavy atom. The lowest BCUT2D eigenvalue weighted by molar-refractivity contribution is 0.483. The number of rotatable bonds is 1. The van der Waals surface area contributed by atoms with Gasteiger partial charge in [-0.15, -0.1) is 0 Å². The quantitative estimate of drug-likeness (QED) is 0.498. The SMILES string of the molecule is B.Cc1ccc(S(=O)(=O)O)cc1. The molecule has 0 saturated heterocycles. The fourth-order valence-corrected chi connectivity index (χ4v) is 1.19. The van der Waals surface area contributed by atoms with E-state index in [4.69, 9.17) is 4.55 Å². The van der Waals surface area contributed by atoms with E-state index in [1.165, 1.54) is 12.1 Å². The van der Waals surface area contributed by atoms with Gasteiger partial charge in [0.1, 0.15) is 0 Å². The maximum Gasteiger partial charge on any atom is 0.294 e. The third-order valence-corrected chi connectivity index (χ3v) is 2.19. The molecular formula is C7H11BO3S. The van der Waals surface area contributed by atoms with Crippen LogP contribution in [0.1, 0.15) is 5.56 Å². The molecule has 5 heteroatoms. The second kappa shape index (κ2) is 3.73. The van der Waals surface area contributed by atoms with Crippen molar-refractivity contribution in [2.24, 2.45) is 0 Å². The maximum absolute atomic E-state index is 10.5. The summed E-state index contributed by atoms with van der Waals surface area (Å²) in [5.41, 5.74) is 0.956. The lowest BCUT2D eigenvalue weighted by Gasteiger charge is -1.95. The van der Waals surface area contributed by atoms with Crippen LogP contribution in [0.2, 0.25) is 0 Å². The van der Waals surface area contributed by atoms with E-state index in [0.29, 0.717) is 0 Å². The molecule has 1 aromatic carbocycles. The highest BCUT2D eigenvalue weighted by Crippen LogP contribution is 2.08. The van der Waals surface area contributed by atoms with Crippen LogP contribution in [0.5, 0.6) is 0 Å². The van der Waals surface area contributed by atoms with Gasteiger partial charge in [0, 0.05) is 0 Å². The highest BCUT2D eigenvalue weighted by Gasteiger charge is 2.06. The molecule has 0 aliphatic carbocycles. The van der Waals surface area contributed by atoms with E-state index in [0.717, 1.165) is 5.56 Å². The summed E-state index contributed by atoms with van der Waals surface area (Å²) in [4.78, 5) is -0.0666. The van der Waals surface area contributed by atoms with Crippen LogP contribution in [0.25, 0.3) is 0 Å². The molecule has 0 atom stereocenters. The first-order valence-electron chi connectivity index (χ1n) is 3.04. The normalized spacial score (nSPS) is 10.5. The molecule has 0 fully saturated rings. The van der Waals surface area contributed by atoms with E-state index in [-0.39, 0.29) is 13.3 Å². The Morgan fingerprint density at radius 3 is 1.92 bits per heavy atom. The first kappa shape index (κ1) is 11.2. The molecule has 0 unspecified atom stereocenters. The monoisotopic (exact) mass is 186 g/mol. The van der Waals surface area contributed by atoms with Crippen molar-refractivity contribution < 1.29 is 13.0 Å². The van der Waals surface area contributed by atoms with Crippen molar-refractivity contribution in [3.63, 3.8) is 0 Å². The Balaban J connectivity index is 0.00000121. The van der Waals surface area contributed by atoms with Gasteiger partial charge in [-0.3, -0.25) is 4.55 Å². The molecule has 0 spiro atoms. The third kappa shape index (κ3) is 2.67. The minimum atomic E-state index is -4.02. The molecule has 1 N–H and O–H groups in total. The summed E-state index contributed by atoms with van der Waals surface area (Å²) in [7, 11) is -4.02. The van der Waals surface area contributed by atoms with Crippen LogP contribution in [0.4, 0.5) is 0 Å². The van der Waals surface area contributed by atoms with Crippen LogP contribution in [0, 0.1) is 6.92 Å². The summed E-state index contributed by atoms with van der Waals surface area (Å²) < 4.78 is 29.6. The molecule has 0 aliphatic heterocycles. The molecule has 0 heterocycles. The lowest BCUT2D eigenvalue weighted by atomic mass is 10.2. The van der Waals surface area contributed by atoms with Crippen molar-refractivity contribution in [3.05, 3.63) is 29.8 Å². The Hall–Kier alpha value is -0.805. The summed E-state index contributed by atoms with van der Waals surface area (Å²) in [5.74, 6) is 0. The first-order chi connectivity index (χ1) is 5.00. The van der Waals surface area contributed by atoms with Crippen LogP contribution in [-0.2, 0) is 10.1 Å². The highest BCUT2D eigenvalue weighted by atomic mass is 32.2. The zero-order chi connectivity index (χ0) is 8.48. The predicted octanol–water partition coefficient (Wildman–Crippen LogP) is 0.0578. The largest absolute Gasteiger partial charge is 0.294 e. The molecular weight excluding hydrogens is 175 g/mol. The number of hydrogen-bond donors (Lipinski definition) is 1. The van der Waals surface area contributed by atoms with E-state index >= 15 is 0 Å². The van der Waals surface area contributed by atoms with Gasteiger partial charge in [-0.05, 0) is 19.1 Å². The van der Waals surface area contributed by atoms with Gasteiger partial charge in [0.2, 0.25) is 0 Å². The maximum atomic E-state index is 10.5. The predicted molar refractivity (Wildman–Crippen MR) is 50.9 cm³/mol. The van der Waals surface area contributed by atoms with E-state index in [1.54, 1.807) is 12.1 Å². The average molecular weight is 186 g/mol. The van der Waals surface area contributed by atoms with Crippen molar-refractivity contribution in [3.8, 4) is 0 Å². The topological polar surface area (TPSA) is 54.4 Å². The zero-order valence-electron chi connectivity index (χ0n) is 5.98. The van der Waals surface area contributed by atoms with E-state index in [9.17, 15) is 8.42 Å². The Morgan fingerprint density at radius 1 is 1.17 bits per heavy atom. The van der Waals surface area contributed by atoms with Gasteiger partial charge in [-0.1, -0.05) is 17.7 Å². The second-order valence-electron chi connectivity index (χ2n) is 2.29. The molecule has 0 saturated carbocycles. The number of benzene rings is 1. The van der Waals surface area contributed by atoms with Crippen LogP contribution in [0.15, 0.2) is 29.2 Å². The highest BCUT2D eigenvalue weighted by molar-refractivity contribution is 7.85. The molecule has 3 nitrogen and oxygen atoms in total. The summed E-state index contributed by atoms with van der Waals surface area (Å²) in [6, 6.07) is 5.99. The van der Waals surface area contributed by atoms with Crippen molar-refractivity contribution >= 4 is 18.5 Å². The zero-order valence-corrected chi connectivity index (χ0v) is 6.80. The average Bonchev–Trinajstić information content (AvgIpc) is 1.86. The Kier molecular flexibility index (Phi) is 3.48. The molecule has 0 bridgehead atoms. The van der Waals surface area contributed by atoms with Gasteiger partial charge >= 0.3 is 0 Å². The fraction of sp³-hybridized carbons (Fsp3) is 0.143. The van der Waals surface area contributed by atoms with Gasteiger partial charge in [0.15, 0.2) is 0 Å². The number of hydrogen-bond acceptors (Lipinski definition) is 2. The fourth-order valence-electron chi connectivity index (χ4n) is 0.710. The first-order valence-corrected chi connectivity index (χ1v) is 4.48. The lowest BCUT2D eigenvalue weighted by Crippen LogP contribution is -1.96. The summed E-state index contributed by atoms with van der Waals surface area (Å²) >= 11 is 0.